The first-order chi connectivity index (χ1) is 15.7. The Morgan fingerprint density at radius 1 is 1.24 bits per heavy atom. The van der Waals surface area contributed by atoms with Crippen molar-refractivity contribution in [2.75, 3.05) is 23.3 Å². The van der Waals surface area contributed by atoms with Crippen molar-refractivity contribution in [1.29, 1.82) is 0 Å². The summed E-state index contributed by atoms with van der Waals surface area (Å²) in [6.07, 6.45) is 2.58. The molecule has 178 valence electrons. The number of pyridine rings is 1. The van der Waals surface area contributed by atoms with E-state index in [1.165, 1.54) is 19.2 Å². The van der Waals surface area contributed by atoms with Crippen LogP contribution in [0.4, 0.5) is 25.1 Å². The topological polar surface area (TPSA) is 74.8 Å². The zero-order valence-electron chi connectivity index (χ0n) is 18.7. The molecule has 3 rings (SSSR count). The first kappa shape index (κ1) is 24.9. The Bertz CT molecular complexity index is 997. The lowest BCUT2D eigenvalue weighted by Gasteiger charge is -2.39. The maximum absolute atomic E-state index is 13.6. The van der Waals surface area contributed by atoms with Crippen molar-refractivity contribution in [2.45, 2.75) is 52.2 Å². The molecule has 0 saturated carbocycles. The third kappa shape index (κ3) is 6.19. The summed E-state index contributed by atoms with van der Waals surface area (Å²) in [5.41, 5.74) is 1.72. The second-order valence-corrected chi connectivity index (χ2v) is 9.05. The van der Waals surface area contributed by atoms with Gasteiger partial charge in [-0.05, 0) is 46.3 Å². The molecule has 0 atom stereocenters. The standard InChI is InChI=1S/C23H27BrF2N4O3/c1-14(2)18-6-4-5-7-19(18)30(17-8-10-29(11-9-17)15(3)31)23(32)28-21-20(33-22(25)26)12-16(24)13-27-21/h4-7,12-14,17,22H,8-11H2,1-3H3,(H,27,28,32). The Morgan fingerprint density at radius 2 is 1.91 bits per heavy atom. The normalized spacial score (nSPS) is 14.5. The highest BCUT2D eigenvalue weighted by atomic mass is 79.9. The largest absolute Gasteiger partial charge is 0.431 e. The third-order valence-electron chi connectivity index (χ3n) is 5.57. The van der Waals surface area contributed by atoms with Gasteiger partial charge in [-0.3, -0.25) is 15.0 Å². The maximum atomic E-state index is 13.6. The van der Waals surface area contributed by atoms with Crippen LogP contribution < -0.4 is 15.0 Å². The van der Waals surface area contributed by atoms with Crippen LogP contribution in [0, 0.1) is 0 Å². The number of alkyl halides is 2. The summed E-state index contributed by atoms with van der Waals surface area (Å²) in [5.74, 6) is -0.190. The molecule has 1 aliphatic heterocycles. The summed E-state index contributed by atoms with van der Waals surface area (Å²) in [5, 5.41) is 2.66. The lowest BCUT2D eigenvalue weighted by atomic mass is 9.97. The number of aromatic nitrogens is 1. The number of piperidine rings is 1. The zero-order chi connectivity index (χ0) is 24.1. The van der Waals surface area contributed by atoms with Gasteiger partial charge in [0, 0.05) is 48.5 Å². The maximum Gasteiger partial charge on any atom is 0.387 e. The SMILES string of the molecule is CC(=O)N1CCC(N(C(=O)Nc2ncc(Br)cc2OC(F)F)c2ccccc2C(C)C)CC1. The van der Waals surface area contributed by atoms with Gasteiger partial charge in [-0.1, -0.05) is 32.0 Å². The summed E-state index contributed by atoms with van der Waals surface area (Å²) in [4.78, 5) is 32.8. The number of halogens is 3. The minimum Gasteiger partial charge on any atom is -0.431 e. The monoisotopic (exact) mass is 524 g/mol. The quantitative estimate of drug-likeness (QED) is 0.532. The number of rotatable bonds is 6. The first-order valence-electron chi connectivity index (χ1n) is 10.7. The highest BCUT2D eigenvalue weighted by Crippen LogP contribution is 2.33. The predicted molar refractivity (Wildman–Crippen MR) is 126 cm³/mol. The summed E-state index contributed by atoms with van der Waals surface area (Å²) in [7, 11) is 0. The fourth-order valence-electron chi connectivity index (χ4n) is 3.97. The smallest absolute Gasteiger partial charge is 0.387 e. The average molecular weight is 525 g/mol. The second kappa shape index (κ2) is 10.9. The van der Waals surface area contributed by atoms with Crippen LogP contribution >= 0.6 is 15.9 Å². The lowest BCUT2D eigenvalue weighted by molar-refractivity contribution is -0.129. The van der Waals surface area contributed by atoms with E-state index < -0.39 is 12.6 Å². The molecule has 10 heteroatoms. The molecule has 1 saturated heterocycles. The van der Waals surface area contributed by atoms with Gasteiger partial charge in [-0.15, -0.1) is 0 Å². The van der Waals surface area contributed by atoms with E-state index in [4.69, 9.17) is 0 Å². The summed E-state index contributed by atoms with van der Waals surface area (Å²) < 4.78 is 30.8. The Balaban J connectivity index is 1.95. The number of nitrogens with one attached hydrogen (secondary N) is 1. The minimum absolute atomic E-state index is 0.000107. The lowest BCUT2D eigenvalue weighted by Crippen LogP contribution is -2.50. The molecule has 0 radical (unpaired) electrons. The molecule has 3 amide bonds. The Hall–Kier alpha value is -2.75. The Kier molecular flexibility index (Phi) is 8.23. The van der Waals surface area contributed by atoms with Crippen molar-refractivity contribution < 1.29 is 23.1 Å². The van der Waals surface area contributed by atoms with Gasteiger partial charge < -0.3 is 9.64 Å². The fourth-order valence-corrected chi connectivity index (χ4v) is 4.28. The number of amides is 3. The molecule has 0 unspecified atom stereocenters. The van der Waals surface area contributed by atoms with E-state index >= 15 is 0 Å². The second-order valence-electron chi connectivity index (χ2n) is 8.13. The molecule has 0 bridgehead atoms. The number of nitrogens with zero attached hydrogens (tertiary/aromatic N) is 3. The zero-order valence-corrected chi connectivity index (χ0v) is 20.3. The molecule has 1 fully saturated rings. The van der Waals surface area contributed by atoms with Gasteiger partial charge in [0.1, 0.15) is 0 Å². The van der Waals surface area contributed by atoms with Crippen LogP contribution in [0.15, 0.2) is 41.0 Å². The molecule has 1 aromatic heterocycles. The van der Waals surface area contributed by atoms with E-state index in [1.54, 1.807) is 9.80 Å². The van der Waals surface area contributed by atoms with Gasteiger partial charge in [0.25, 0.3) is 0 Å². The summed E-state index contributed by atoms with van der Waals surface area (Å²) in [6, 6.07) is 8.25. The van der Waals surface area contributed by atoms with Crippen LogP contribution in [-0.2, 0) is 4.79 Å². The number of benzene rings is 1. The Morgan fingerprint density at radius 3 is 2.52 bits per heavy atom. The molecular weight excluding hydrogens is 498 g/mol. The molecule has 33 heavy (non-hydrogen) atoms. The van der Waals surface area contributed by atoms with Crippen LogP contribution in [0.25, 0.3) is 0 Å². The molecule has 2 aromatic rings. The molecule has 1 aliphatic rings. The van der Waals surface area contributed by atoms with Crippen LogP contribution in [0.5, 0.6) is 5.75 Å². The highest BCUT2D eigenvalue weighted by Gasteiger charge is 2.32. The number of para-hydroxylation sites is 1. The number of carbonyl (C=O) groups excluding carboxylic acids is 2. The van der Waals surface area contributed by atoms with E-state index in [9.17, 15) is 18.4 Å². The molecular formula is C23H27BrF2N4O3. The number of hydrogen-bond acceptors (Lipinski definition) is 4. The van der Waals surface area contributed by atoms with Gasteiger partial charge >= 0.3 is 12.6 Å². The van der Waals surface area contributed by atoms with Crippen molar-refractivity contribution in [1.82, 2.24) is 9.88 Å². The predicted octanol–water partition coefficient (Wildman–Crippen LogP) is 5.62. The fraction of sp³-hybridized carbons (Fsp3) is 0.435. The van der Waals surface area contributed by atoms with Crippen LogP contribution in [0.1, 0.15) is 45.1 Å². The molecule has 1 N–H and O–H groups in total. The van der Waals surface area contributed by atoms with Crippen LogP contribution in [0.2, 0.25) is 0 Å². The van der Waals surface area contributed by atoms with Crippen molar-refractivity contribution in [3.05, 3.63) is 46.6 Å². The summed E-state index contributed by atoms with van der Waals surface area (Å²) >= 11 is 3.18. The van der Waals surface area contributed by atoms with E-state index in [0.29, 0.717) is 30.4 Å². The number of carbonyl (C=O) groups is 2. The first-order valence-corrected chi connectivity index (χ1v) is 11.5. The average Bonchev–Trinajstić information content (AvgIpc) is 2.76. The van der Waals surface area contributed by atoms with Gasteiger partial charge in [0.15, 0.2) is 11.6 Å². The van der Waals surface area contributed by atoms with Crippen LogP contribution in [-0.4, -0.2) is 47.6 Å². The number of urea groups is 1. The molecule has 0 aliphatic carbocycles. The third-order valence-corrected chi connectivity index (χ3v) is 6.01. The molecule has 0 spiro atoms. The van der Waals surface area contributed by atoms with Crippen molar-refractivity contribution >= 4 is 39.4 Å². The molecule has 1 aromatic carbocycles. The van der Waals surface area contributed by atoms with E-state index in [0.717, 1.165) is 11.3 Å². The van der Waals surface area contributed by atoms with Crippen molar-refractivity contribution in [3.63, 3.8) is 0 Å². The van der Waals surface area contributed by atoms with Crippen molar-refractivity contribution in [3.8, 4) is 5.75 Å². The van der Waals surface area contributed by atoms with E-state index in [2.05, 4.69) is 31.0 Å². The number of hydrogen-bond donors (Lipinski definition) is 1. The number of anilines is 2. The highest BCUT2D eigenvalue weighted by molar-refractivity contribution is 9.10. The minimum atomic E-state index is -3.06. The Labute approximate surface area is 200 Å². The van der Waals surface area contributed by atoms with Gasteiger partial charge in [-0.25, -0.2) is 9.78 Å². The van der Waals surface area contributed by atoms with E-state index in [1.807, 2.05) is 38.1 Å². The molecule has 2 heterocycles. The molecule has 7 nitrogen and oxygen atoms in total. The van der Waals surface area contributed by atoms with Gasteiger partial charge in [0.05, 0.1) is 0 Å². The summed E-state index contributed by atoms with van der Waals surface area (Å²) in [6.45, 7) is 3.61. The van der Waals surface area contributed by atoms with Gasteiger partial charge in [0.2, 0.25) is 5.91 Å². The van der Waals surface area contributed by atoms with Crippen LogP contribution in [0.3, 0.4) is 0 Å². The van der Waals surface area contributed by atoms with Gasteiger partial charge in [-0.2, -0.15) is 8.78 Å². The number of ether oxygens (including phenoxy) is 1. The number of likely N-dealkylation sites (tertiary alicyclic amines) is 1. The van der Waals surface area contributed by atoms with E-state index in [-0.39, 0.29) is 29.4 Å². The van der Waals surface area contributed by atoms with Crippen molar-refractivity contribution in [2.24, 2.45) is 0 Å².